The molecule has 3 heteroatoms. The molecule has 0 amide bonds. The molecule has 0 aromatic rings. The van der Waals surface area contributed by atoms with Crippen molar-refractivity contribution in [2.75, 3.05) is 0 Å². The minimum atomic E-state index is 0.354. The summed E-state index contributed by atoms with van der Waals surface area (Å²) >= 11 is 2.28. The van der Waals surface area contributed by atoms with Crippen LogP contribution in [0, 0.1) is 0 Å². The standard InChI is InChI=1S/C6H9IN2/c1-4-2-5(7)9-6(8)3-4/h2-3,5,9H,8H2,1H3. The van der Waals surface area contributed by atoms with Gasteiger partial charge < -0.3 is 11.1 Å². The zero-order valence-corrected chi connectivity index (χ0v) is 7.34. The Morgan fingerprint density at radius 1 is 1.78 bits per heavy atom. The van der Waals surface area contributed by atoms with Gasteiger partial charge in [-0.25, -0.2) is 0 Å². The Kier molecular flexibility index (Phi) is 2.00. The third kappa shape index (κ3) is 1.89. The Hall–Kier alpha value is -0.190. The lowest BCUT2D eigenvalue weighted by Gasteiger charge is -2.15. The number of nitrogens with two attached hydrogens (primary N) is 1. The van der Waals surface area contributed by atoms with E-state index < -0.39 is 0 Å². The average molecular weight is 236 g/mol. The molecule has 9 heavy (non-hydrogen) atoms. The maximum absolute atomic E-state index is 5.52. The van der Waals surface area contributed by atoms with Crippen LogP contribution in [0.4, 0.5) is 0 Å². The van der Waals surface area contributed by atoms with Crippen molar-refractivity contribution in [2.24, 2.45) is 5.73 Å². The summed E-state index contributed by atoms with van der Waals surface area (Å²) in [4.78, 5) is 0. The van der Waals surface area contributed by atoms with E-state index in [1.54, 1.807) is 0 Å². The van der Waals surface area contributed by atoms with Crippen LogP contribution in [0.3, 0.4) is 0 Å². The topological polar surface area (TPSA) is 38.0 Å². The van der Waals surface area contributed by atoms with E-state index >= 15 is 0 Å². The predicted molar refractivity (Wildman–Crippen MR) is 47.0 cm³/mol. The van der Waals surface area contributed by atoms with Gasteiger partial charge in [0.15, 0.2) is 0 Å². The summed E-state index contributed by atoms with van der Waals surface area (Å²) in [6.07, 6.45) is 4.05. The fourth-order valence-electron chi connectivity index (χ4n) is 0.767. The molecular weight excluding hydrogens is 227 g/mol. The van der Waals surface area contributed by atoms with Crippen molar-refractivity contribution < 1.29 is 0 Å². The van der Waals surface area contributed by atoms with Crippen molar-refractivity contribution in [3.8, 4) is 0 Å². The van der Waals surface area contributed by atoms with Crippen LogP contribution < -0.4 is 11.1 Å². The van der Waals surface area contributed by atoms with Gasteiger partial charge in [0.05, 0.1) is 9.87 Å². The number of alkyl halides is 1. The highest BCUT2D eigenvalue weighted by atomic mass is 127. The lowest BCUT2D eigenvalue weighted by atomic mass is 10.2. The molecule has 2 nitrogen and oxygen atoms in total. The molecule has 0 saturated heterocycles. The molecule has 0 bridgehead atoms. The average Bonchev–Trinajstić information content (AvgIpc) is 1.59. The minimum Gasteiger partial charge on any atom is -0.386 e. The van der Waals surface area contributed by atoms with E-state index in [-0.39, 0.29) is 0 Å². The molecule has 1 aliphatic rings. The summed E-state index contributed by atoms with van der Waals surface area (Å²) in [6, 6.07) is 0. The largest absolute Gasteiger partial charge is 0.386 e. The minimum absolute atomic E-state index is 0.354. The Morgan fingerprint density at radius 2 is 2.44 bits per heavy atom. The lowest BCUT2D eigenvalue weighted by molar-refractivity contribution is 0.841. The van der Waals surface area contributed by atoms with Gasteiger partial charge in [0.1, 0.15) is 0 Å². The number of hydrogen-bond donors (Lipinski definition) is 2. The molecule has 0 radical (unpaired) electrons. The van der Waals surface area contributed by atoms with Crippen molar-refractivity contribution in [3.63, 3.8) is 0 Å². The first-order valence-electron chi connectivity index (χ1n) is 2.74. The summed E-state index contributed by atoms with van der Waals surface area (Å²) < 4.78 is 0.354. The highest BCUT2D eigenvalue weighted by Crippen LogP contribution is 2.10. The number of hydrogen-bond acceptors (Lipinski definition) is 2. The molecule has 0 aliphatic carbocycles. The van der Waals surface area contributed by atoms with Crippen LogP contribution in [0.15, 0.2) is 23.5 Å². The van der Waals surface area contributed by atoms with Crippen LogP contribution >= 0.6 is 22.6 Å². The first-order valence-corrected chi connectivity index (χ1v) is 3.99. The first-order chi connectivity index (χ1) is 4.18. The van der Waals surface area contributed by atoms with Crippen molar-refractivity contribution in [1.82, 2.24) is 5.32 Å². The normalized spacial score (nSPS) is 26.2. The Morgan fingerprint density at radius 3 is 2.89 bits per heavy atom. The van der Waals surface area contributed by atoms with E-state index in [9.17, 15) is 0 Å². The Bertz CT molecular complexity index is 172. The van der Waals surface area contributed by atoms with E-state index in [1.165, 1.54) is 5.57 Å². The van der Waals surface area contributed by atoms with Gasteiger partial charge >= 0.3 is 0 Å². The quantitative estimate of drug-likeness (QED) is 0.375. The van der Waals surface area contributed by atoms with E-state index in [4.69, 9.17) is 5.73 Å². The molecular formula is C6H9IN2. The third-order valence-electron chi connectivity index (χ3n) is 1.10. The van der Waals surface area contributed by atoms with Gasteiger partial charge in [-0.2, -0.15) is 0 Å². The fraction of sp³-hybridized carbons (Fsp3) is 0.333. The highest BCUT2D eigenvalue weighted by molar-refractivity contribution is 14.1. The molecule has 1 heterocycles. The first kappa shape index (κ1) is 6.92. The van der Waals surface area contributed by atoms with E-state index in [0.717, 1.165) is 5.82 Å². The zero-order chi connectivity index (χ0) is 6.85. The molecule has 3 N–H and O–H groups in total. The van der Waals surface area contributed by atoms with E-state index in [0.29, 0.717) is 4.05 Å². The van der Waals surface area contributed by atoms with Gasteiger partial charge in [0.2, 0.25) is 0 Å². The van der Waals surface area contributed by atoms with Crippen LogP contribution in [-0.2, 0) is 0 Å². The molecule has 1 atom stereocenters. The van der Waals surface area contributed by atoms with Crippen LogP contribution in [-0.4, -0.2) is 4.05 Å². The summed E-state index contributed by atoms with van der Waals surface area (Å²) in [5.41, 5.74) is 6.75. The monoisotopic (exact) mass is 236 g/mol. The SMILES string of the molecule is CC1=CC(I)NC(N)=C1. The zero-order valence-electron chi connectivity index (χ0n) is 5.19. The summed E-state index contributed by atoms with van der Waals surface area (Å²) in [6.45, 7) is 2.04. The third-order valence-corrected chi connectivity index (χ3v) is 1.77. The molecule has 0 aromatic heterocycles. The smallest absolute Gasteiger partial charge is 0.0983 e. The van der Waals surface area contributed by atoms with Crippen molar-refractivity contribution in [3.05, 3.63) is 23.5 Å². The summed E-state index contributed by atoms with van der Waals surface area (Å²) in [5, 5.41) is 3.06. The molecule has 0 spiro atoms. The van der Waals surface area contributed by atoms with E-state index in [1.807, 2.05) is 13.0 Å². The number of rotatable bonds is 0. The maximum Gasteiger partial charge on any atom is 0.0983 e. The van der Waals surface area contributed by atoms with Gasteiger partial charge in [-0.1, -0.05) is 22.6 Å². The van der Waals surface area contributed by atoms with Gasteiger partial charge in [-0.05, 0) is 24.6 Å². The number of allylic oxidation sites excluding steroid dienone is 2. The summed E-state index contributed by atoms with van der Waals surface area (Å²) in [7, 11) is 0. The van der Waals surface area contributed by atoms with Gasteiger partial charge in [-0.15, -0.1) is 0 Å². The van der Waals surface area contributed by atoms with Gasteiger partial charge in [0.25, 0.3) is 0 Å². The van der Waals surface area contributed by atoms with Crippen LogP contribution in [0.5, 0.6) is 0 Å². The number of nitrogens with one attached hydrogen (secondary N) is 1. The fourth-order valence-corrected chi connectivity index (χ4v) is 1.69. The molecule has 0 fully saturated rings. The van der Waals surface area contributed by atoms with E-state index in [2.05, 4.69) is 34.0 Å². The molecule has 1 unspecified atom stereocenters. The maximum atomic E-state index is 5.52. The van der Waals surface area contributed by atoms with Crippen LogP contribution in [0.2, 0.25) is 0 Å². The lowest BCUT2D eigenvalue weighted by Crippen LogP contribution is -2.28. The molecule has 1 rings (SSSR count). The second kappa shape index (κ2) is 2.60. The number of halogens is 1. The van der Waals surface area contributed by atoms with Crippen LogP contribution in [0.1, 0.15) is 6.92 Å². The van der Waals surface area contributed by atoms with Crippen molar-refractivity contribution in [1.29, 1.82) is 0 Å². The Balaban J connectivity index is 2.74. The second-order valence-corrected chi connectivity index (χ2v) is 3.40. The second-order valence-electron chi connectivity index (χ2n) is 2.06. The van der Waals surface area contributed by atoms with Gasteiger partial charge in [0, 0.05) is 0 Å². The molecule has 0 saturated carbocycles. The van der Waals surface area contributed by atoms with Crippen LogP contribution in [0.25, 0.3) is 0 Å². The predicted octanol–water partition coefficient (Wildman–Crippen LogP) is 1.10. The highest BCUT2D eigenvalue weighted by Gasteiger charge is 2.04. The van der Waals surface area contributed by atoms with Crippen molar-refractivity contribution >= 4 is 22.6 Å². The summed E-state index contributed by atoms with van der Waals surface area (Å²) in [5.74, 6) is 0.759. The molecule has 0 aromatic carbocycles. The Labute approximate surface area is 68.3 Å². The number of dihydropyridines is 1. The van der Waals surface area contributed by atoms with Crippen molar-refractivity contribution in [2.45, 2.75) is 11.0 Å². The molecule has 50 valence electrons. The van der Waals surface area contributed by atoms with Gasteiger partial charge in [-0.3, -0.25) is 0 Å². The molecule has 1 aliphatic heterocycles.